The van der Waals surface area contributed by atoms with Gasteiger partial charge in [-0.15, -0.1) is 0 Å². The molecule has 0 radical (unpaired) electrons. The number of hydrogen-bond donors (Lipinski definition) is 3. The van der Waals surface area contributed by atoms with E-state index in [0.717, 1.165) is 4.90 Å². The van der Waals surface area contributed by atoms with Gasteiger partial charge in [-0.3, -0.25) is 29.4 Å². The van der Waals surface area contributed by atoms with E-state index in [9.17, 15) is 25.1 Å². The van der Waals surface area contributed by atoms with Crippen molar-refractivity contribution in [2.75, 3.05) is 24.7 Å². The van der Waals surface area contributed by atoms with Crippen LogP contribution >= 0.6 is 0 Å². The normalized spacial score (nSPS) is 22.5. The number of rotatable bonds is 13. The Morgan fingerprint density at radius 1 is 0.788 bits per heavy atom. The Bertz CT molecular complexity index is 2760. The summed E-state index contributed by atoms with van der Waals surface area (Å²) in [7, 11) is 0. The van der Waals surface area contributed by atoms with Crippen molar-refractivity contribution < 1.29 is 48.5 Å². The Hall–Kier alpha value is -7.72. The second kappa shape index (κ2) is 18.4. The molecule has 3 aliphatic rings. The van der Waals surface area contributed by atoms with Gasteiger partial charge in [0.2, 0.25) is 11.8 Å². The Labute approximate surface area is 378 Å². The third-order valence-electron chi connectivity index (χ3n) is 12.5. The molecule has 1 spiro atoms. The minimum atomic E-state index is -2.08. The SMILES string of the molecule is O=C1O[C@@H](c2ccccc2)[C@@H](c2ccccc2)N2[C@@H](c3cccc(OCCO)c3)[C@]3(C(=O)N(C(=O)OCc4ccc([N+](=O)[O-])cc4)c4ccccc43)[C@@H](C(=O)NC[C@H](O)c3ccccc3)[C@H]12. The zero-order valence-electron chi connectivity index (χ0n) is 35.3. The molecule has 3 amide bonds. The number of carbonyl (C=O) groups excluding carboxylic acids is 4. The van der Waals surface area contributed by atoms with E-state index in [1.807, 2.05) is 65.6 Å². The molecule has 0 saturated carbocycles. The summed E-state index contributed by atoms with van der Waals surface area (Å²) >= 11 is 0. The van der Waals surface area contributed by atoms with Gasteiger partial charge in [0, 0.05) is 18.7 Å². The number of aliphatic hydroxyl groups is 2. The molecule has 0 aromatic heterocycles. The third kappa shape index (κ3) is 7.72. The molecule has 15 nitrogen and oxygen atoms in total. The van der Waals surface area contributed by atoms with Crippen molar-refractivity contribution in [1.29, 1.82) is 0 Å². The summed E-state index contributed by atoms with van der Waals surface area (Å²) in [6.07, 6.45) is -3.22. The lowest BCUT2D eigenvalue weighted by Crippen LogP contribution is -2.56. The number of aliphatic hydroxyl groups excluding tert-OH is 2. The highest BCUT2D eigenvalue weighted by Gasteiger charge is 2.75. The average Bonchev–Trinajstić information content (AvgIpc) is 3.81. The fourth-order valence-electron chi connectivity index (χ4n) is 9.81. The number of nitrogens with one attached hydrogen (secondary N) is 1. The number of imide groups is 1. The molecule has 3 N–H and O–H groups in total. The summed E-state index contributed by atoms with van der Waals surface area (Å²) < 4.78 is 18.2. The summed E-state index contributed by atoms with van der Waals surface area (Å²) in [6.45, 7) is -0.990. The lowest BCUT2D eigenvalue weighted by atomic mass is 9.65. The molecule has 2 saturated heterocycles. The minimum Gasteiger partial charge on any atom is -0.491 e. The standard InChI is InChI=1S/C51H44N4O11/c56-27-28-64-38-20-12-19-36(29-38)46-51(39-21-10-11-22-40(39)53(49(51)60)50(61)65-31-32-23-25-37(26-24-32)55(62)63)42(47(58)52-30-41(57)33-13-4-1-5-14-33)44-48(59)66-45(35-17-8-3-9-18-35)43(54(44)46)34-15-6-2-7-16-34/h1-26,29,41-46,56-57H,27-28,30-31H2,(H,52,58)/t41-,42+,43+,44+,45-,46-,51+/m0/s1. The van der Waals surface area contributed by atoms with Crippen molar-refractivity contribution in [1.82, 2.24) is 10.2 Å². The van der Waals surface area contributed by atoms with Crippen molar-refractivity contribution in [2.45, 2.75) is 42.4 Å². The molecule has 66 heavy (non-hydrogen) atoms. The van der Waals surface area contributed by atoms with Gasteiger partial charge in [0.15, 0.2) is 0 Å². The molecule has 0 aliphatic carbocycles. The van der Waals surface area contributed by atoms with Gasteiger partial charge in [0.25, 0.3) is 5.69 Å². The minimum absolute atomic E-state index is 0.0500. The van der Waals surface area contributed by atoms with Crippen molar-refractivity contribution in [3.8, 4) is 5.75 Å². The number of nitro groups is 1. The zero-order valence-corrected chi connectivity index (χ0v) is 35.3. The first-order chi connectivity index (χ1) is 32.1. The number of benzene rings is 6. The van der Waals surface area contributed by atoms with Gasteiger partial charge < -0.3 is 29.7 Å². The molecule has 7 atom stereocenters. The third-order valence-corrected chi connectivity index (χ3v) is 12.5. The number of carbonyl (C=O) groups is 4. The maximum absolute atomic E-state index is 16.2. The first kappa shape index (κ1) is 43.5. The quantitative estimate of drug-likeness (QED) is 0.0623. The number of anilines is 1. The van der Waals surface area contributed by atoms with E-state index >= 15 is 14.4 Å². The van der Waals surface area contributed by atoms with Crippen LogP contribution in [0.4, 0.5) is 16.2 Å². The fourth-order valence-corrected chi connectivity index (χ4v) is 9.81. The number of ether oxygens (including phenoxy) is 3. The lowest BCUT2D eigenvalue weighted by Gasteiger charge is -2.46. The Morgan fingerprint density at radius 2 is 1.42 bits per heavy atom. The van der Waals surface area contributed by atoms with Gasteiger partial charge in [-0.05, 0) is 63.7 Å². The number of nitro benzene ring substituents is 1. The second-order valence-corrected chi connectivity index (χ2v) is 16.2. The summed E-state index contributed by atoms with van der Waals surface area (Å²) in [5.74, 6) is -3.69. The Balaban J connectivity index is 1.25. The predicted molar refractivity (Wildman–Crippen MR) is 239 cm³/mol. The number of esters is 1. The van der Waals surface area contributed by atoms with Crippen molar-refractivity contribution in [3.05, 3.63) is 207 Å². The molecule has 0 unspecified atom stereocenters. The zero-order chi connectivity index (χ0) is 46.0. The molecular weight excluding hydrogens is 845 g/mol. The number of cyclic esters (lactones) is 1. The average molecular weight is 889 g/mol. The van der Waals surface area contributed by atoms with Crippen LogP contribution in [0.15, 0.2) is 164 Å². The highest BCUT2D eigenvalue weighted by molar-refractivity contribution is 6.23. The number of amides is 3. The highest BCUT2D eigenvalue weighted by atomic mass is 16.6. The molecule has 0 bridgehead atoms. The largest absolute Gasteiger partial charge is 0.491 e. The van der Waals surface area contributed by atoms with Crippen LogP contribution in [0.3, 0.4) is 0 Å². The molecule has 3 aliphatic heterocycles. The molecule has 3 heterocycles. The topological polar surface area (TPSA) is 198 Å². The number of non-ortho nitro benzene ring substituents is 1. The summed E-state index contributed by atoms with van der Waals surface area (Å²) in [5, 5.41) is 35.3. The Kier molecular flexibility index (Phi) is 12.1. The number of hydrogen-bond acceptors (Lipinski definition) is 12. The van der Waals surface area contributed by atoms with Gasteiger partial charge >= 0.3 is 12.1 Å². The monoisotopic (exact) mass is 888 g/mol. The molecule has 6 aromatic rings. The smallest absolute Gasteiger partial charge is 0.421 e. The van der Waals surface area contributed by atoms with Crippen LogP contribution in [-0.2, 0) is 35.9 Å². The van der Waals surface area contributed by atoms with Crippen LogP contribution in [0.25, 0.3) is 0 Å². The fraction of sp³-hybridized carbons (Fsp3) is 0.216. The first-order valence-corrected chi connectivity index (χ1v) is 21.4. The number of fused-ring (bicyclic) bond motifs is 3. The molecule has 6 aromatic carbocycles. The van der Waals surface area contributed by atoms with Crippen molar-refractivity contribution in [3.63, 3.8) is 0 Å². The van der Waals surface area contributed by atoms with Crippen molar-refractivity contribution in [2.24, 2.45) is 5.92 Å². The van der Waals surface area contributed by atoms with Gasteiger partial charge in [-0.2, -0.15) is 0 Å². The number of nitrogens with zero attached hydrogens (tertiary/aromatic N) is 3. The van der Waals surface area contributed by atoms with E-state index in [4.69, 9.17) is 14.2 Å². The first-order valence-electron chi connectivity index (χ1n) is 21.4. The van der Waals surface area contributed by atoms with Crippen molar-refractivity contribution >= 4 is 35.3 Å². The Morgan fingerprint density at radius 3 is 2.11 bits per heavy atom. The van der Waals surface area contributed by atoms with E-state index in [2.05, 4.69) is 5.32 Å². The maximum atomic E-state index is 16.2. The van der Waals surface area contributed by atoms with E-state index in [1.54, 1.807) is 78.9 Å². The second-order valence-electron chi connectivity index (χ2n) is 16.2. The highest BCUT2D eigenvalue weighted by Crippen LogP contribution is 2.66. The lowest BCUT2D eigenvalue weighted by molar-refractivity contribution is -0.384. The van der Waals surface area contributed by atoms with E-state index in [0.29, 0.717) is 33.6 Å². The maximum Gasteiger partial charge on any atom is 0.421 e. The van der Waals surface area contributed by atoms with Crippen LogP contribution in [0.1, 0.15) is 57.7 Å². The van der Waals surface area contributed by atoms with Gasteiger partial charge in [-0.1, -0.05) is 121 Å². The van der Waals surface area contributed by atoms with Crippen LogP contribution < -0.4 is 15.0 Å². The van der Waals surface area contributed by atoms with Crippen LogP contribution in [0.2, 0.25) is 0 Å². The molecule has 15 heteroatoms. The molecular formula is C51H44N4O11. The van der Waals surface area contributed by atoms with Gasteiger partial charge in [0.1, 0.15) is 36.5 Å². The van der Waals surface area contributed by atoms with Crippen LogP contribution in [-0.4, -0.2) is 69.7 Å². The summed E-state index contributed by atoms with van der Waals surface area (Å²) in [5.41, 5.74) is 0.859. The predicted octanol–water partition coefficient (Wildman–Crippen LogP) is 6.82. The molecule has 334 valence electrons. The number of para-hydroxylation sites is 1. The molecule has 2 fully saturated rings. The van der Waals surface area contributed by atoms with Crippen LogP contribution in [0, 0.1) is 16.0 Å². The summed E-state index contributed by atoms with van der Waals surface area (Å²) in [6, 6.07) is 42.5. The van der Waals surface area contributed by atoms with E-state index in [1.165, 1.54) is 24.3 Å². The summed E-state index contributed by atoms with van der Waals surface area (Å²) in [4.78, 5) is 75.0. The van der Waals surface area contributed by atoms with E-state index < -0.39 is 70.5 Å². The van der Waals surface area contributed by atoms with E-state index in [-0.39, 0.29) is 43.3 Å². The van der Waals surface area contributed by atoms with Crippen LogP contribution in [0.5, 0.6) is 5.75 Å². The van der Waals surface area contributed by atoms with Gasteiger partial charge in [-0.25, -0.2) is 9.69 Å². The number of morpholine rings is 1. The molecule has 9 rings (SSSR count). The van der Waals surface area contributed by atoms with Gasteiger partial charge in [0.05, 0.1) is 41.3 Å².